The number of anilines is 1. The Morgan fingerprint density at radius 2 is 1.50 bits per heavy atom. The summed E-state index contributed by atoms with van der Waals surface area (Å²) in [5, 5.41) is 3.77. The van der Waals surface area contributed by atoms with Gasteiger partial charge < -0.3 is 5.32 Å². The van der Waals surface area contributed by atoms with Crippen molar-refractivity contribution in [2.45, 2.75) is 31.8 Å². The highest BCUT2D eigenvalue weighted by Gasteiger charge is 2.39. The van der Waals surface area contributed by atoms with Gasteiger partial charge in [0.2, 0.25) is 0 Å². The highest BCUT2D eigenvalue weighted by atomic mass is 15.2. The van der Waals surface area contributed by atoms with Crippen molar-refractivity contribution in [2.24, 2.45) is 5.92 Å². The normalized spacial score (nSPS) is 26.2. The van der Waals surface area contributed by atoms with Gasteiger partial charge in [-0.2, -0.15) is 0 Å². The zero-order chi connectivity index (χ0) is 18.9. The van der Waals surface area contributed by atoms with E-state index in [4.69, 9.17) is 4.98 Å². The van der Waals surface area contributed by atoms with E-state index in [-0.39, 0.29) is 0 Å². The Balaban J connectivity index is 1.30. The molecule has 0 aliphatic carbocycles. The van der Waals surface area contributed by atoms with Crippen molar-refractivity contribution < 1.29 is 0 Å². The first-order chi connectivity index (χ1) is 13.8. The smallest absolute Gasteiger partial charge is 0.0703 e. The van der Waals surface area contributed by atoms with Crippen LogP contribution in [-0.2, 0) is 0 Å². The molecule has 3 nitrogen and oxygen atoms in total. The average Bonchev–Trinajstić information content (AvgIpc) is 2.78. The third-order valence-corrected chi connectivity index (χ3v) is 6.56. The standard InChI is InChI=1S/C25H27N3/c1-18-25(22-13-15-28(18)16-14-22)27-23-11-12-24(26-17-23)21-9-7-20(8-10-21)19-5-3-2-4-6-19/h2-12,17-18,22,25,27H,13-16H2,1H3/t18-,25-/m1/s1. The fourth-order valence-corrected chi connectivity index (χ4v) is 4.85. The third-order valence-electron chi connectivity index (χ3n) is 6.56. The molecule has 3 fully saturated rings. The topological polar surface area (TPSA) is 28.2 Å². The largest absolute Gasteiger partial charge is 0.379 e. The molecule has 6 rings (SSSR count). The Bertz CT molecular complexity index is 908. The van der Waals surface area contributed by atoms with E-state index in [0.717, 1.165) is 22.9 Å². The first-order valence-electron chi connectivity index (χ1n) is 10.4. The molecule has 2 bridgehead atoms. The van der Waals surface area contributed by atoms with Gasteiger partial charge in [0.25, 0.3) is 0 Å². The van der Waals surface area contributed by atoms with Gasteiger partial charge in [-0.3, -0.25) is 9.88 Å². The first-order valence-corrected chi connectivity index (χ1v) is 10.4. The number of hydrogen-bond acceptors (Lipinski definition) is 3. The van der Waals surface area contributed by atoms with Gasteiger partial charge in [0.05, 0.1) is 17.6 Å². The third kappa shape index (κ3) is 3.31. The summed E-state index contributed by atoms with van der Waals surface area (Å²) in [6.07, 6.45) is 4.63. The van der Waals surface area contributed by atoms with Crippen molar-refractivity contribution in [1.29, 1.82) is 0 Å². The van der Waals surface area contributed by atoms with Gasteiger partial charge in [0.1, 0.15) is 0 Å². The minimum atomic E-state index is 0.542. The summed E-state index contributed by atoms with van der Waals surface area (Å²) < 4.78 is 0. The molecule has 4 heterocycles. The van der Waals surface area contributed by atoms with E-state index < -0.39 is 0 Å². The van der Waals surface area contributed by atoms with Gasteiger partial charge in [-0.05, 0) is 62.0 Å². The Labute approximate surface area is 167 Å². The molecule has 2 aromatic carbocycles. The second kappa shape index (κ2) is 7.40. The number of benzene rings is 2. The fraction of sp³-hybridized carbons (Fsp3) is 0.320. The Morgan fingerprint density at radius 1 is 0.821 bits per heavy atom. The van der Waals surface area contributed by atoms with Gasteiger partial charge in [0, 0.05) is 17.6 Å². The summed E-state index contributed by atoms with van der Waals surface area (Å²) in [5.74, 6) is 0.796. The Morgan fingerprint density at radius 3 is 2.14 bits per heavy atom. The van der Waals surface area contributed by atoms with E-state index in [9.17, 15) is 0 Å². The van der Waals surface area contributed by atoms with Crippen LogP contribution in [0.25, 0.3) is 22.4 Å². The lowest BCUT2D eigenvalue weighted by atomic mass is 9.79. The van der Waals surface area contributed by atoms with Gasteiger partial charge >= 0.3 is 0 Å². The van der Waals surface area contributed by atoms with Crippen LogP contribution in [0.3, 0.4) is 0 Å². The van der Waals surface area contributed by atoms with E-state index in [2.05, 4.69) is 77.8 Å². The van der Waals surface area contributed by atoms with Gasteiger partial charge in [-0.25, -0.2) is 0 Å². The number of piperidine rings is 3. The van der Waals surface area contributed by atoms with E-state index in [1.54, 1.807) is 0 Å². The van der Waals surface area contributed by atoms with Gasteiger partial charge in [0.15, 0.2) is 0 Å². The molecule has 0 amide bonds. The zero-order valence-electron chi connectivity index (χ0n) is 16.4. The van der Waals surface area contributed by atoms with Crippen molar-refractivity contribution in [1.82, 2.24) is 9.88 Å². The summed E-state index contributed by atoms with van der Waals surface area (Å²) in [6.45, 7) is 4.89. The molecular formula is C25H27N3. The molecule has 0 unspecified atom stereocenters. The van der Waals surface area contributed by atoms with E-state index in [1.807, 2.05) is 12.3 Å². The lowest BCUT2D eigenvalue weighted by molar-refractivity contribution is 0.0458. The van der Waals surface area contributed by atoms with Crippen LogP contribution in [0.4, 0.5) is 5.69 Å². The number of nitrogens with zero attached hydrogens (tertiary/aromatic N) is 2. The van der Waals surface area contributed by atoms with Crippen LogP contribution in [0.1, 0.15) is 19.8 Å². The van der Waals surface area contributed by atoms with Crippen molar-refractivity contribution in [2.75, 3.05) is 18.4 Å². The number of pyridine rings is 1. The molecule has 3 aromatic rings. The summed E-state index contributed by atoms with van der Waals surface area (Å²) in [6, 6.07) is 24.6. The second-order valence-electron chi connectivity index (χ2n) is 8.16. The lowest BCUT2D eigenvalue weighted by Gasteiger charge is -2.50. The van der Waals surface area contributed by atoms with Crippen LogP contribution in [-0.4, -0.2) is 35.1 Å². The predicted molar refractivity (Wildman–Crippen MR) is 116 cm³/mol. The molecule has 2 atom stereocenters. The van der Waals surface area contributed by atoms with Crippen molar-refractivity contribution in [3.8, 4) is 22.4 Å². The molecule has 0 saturated carbocycles. The van der Waals surface area contributed by atoms with Crippen molar-refractivity contribution >= 4 is 5.69 Å². The number of aromatic nitrogens is 1. The monoisotopic (exact) mass is 369 g/mol. The maximum atomic E-state index is 4.73. The Kier molecular flexibility index (Phi) is 4.61. The fourth-order valence-electron chi connectivity index (χ4n) is 4.85. The predicted octanol–water partition coefficient (Wildman–Crippen LogP) is 5.31. The van der Waals surface area contributed by atoms with Gasteiger partial charge in [-0.1, -0.05) is 54.6 Å². The van der Waals surface area contributed by atoms with Crippen LogP contribution >= 0.6 is 0 Å². The molecule has 3 aliphatic rings. The summed E-state index contributed by atoms with van der Waals surface area (Å²) >= 11 is 0. The first kappa shape index (κ1) is 17.4. The molecular weight excluding hydrogens is 342 g/mol. The van der Waals surface area contributed by atoms with E-state index >= 15 is 0 Å². The minimum absolute atomic E-state index is 0.542. The molecule has 3 aliphatic heterocycles. The van der Waals surface area contributed by atoms with Crippen LogP contribution in [0.2, 0.25) is 0 Å². The molecule has 3 saturated heterocycles. The summed E-state index contributed by atoms with van der Waals surface area (Å²) in [5.41, 5.74) is 5.79. The van der Waals surface area contributed by atoms with Crippen LogP contribution in [0.15, 0.2) is 72.9 Å². The number of rotatable bonds is 4. The lowest BCUT2D eigenvalue weighted by Crippen LogP contribution is -2.59. The SMILES string of the molecule is C[C@@H]1[C@@H](Nc2ccc(-c3ccc(-c4ccccc4)cc3)nc2)C2CCN1CC2. The summed E-state index contributed by atoms with van der Waals surface area (Å²) in [7, 11) is 0. The zero-order valence-corrected chi connectivity index (χ0v) is 16.4. The molecule has 142 valence electrons. The minimum Gasteiger partial charge on any atom is -0.379 e. The van der Waals surface area contributed by atoms with Crippen molar-refractivity contribution in [3.63, 3.8) is 0 Å². The van der Waals surface area contributed by atoms with E-state index in [0.29, 0.717) is 12.1 Å². The number of nitrogens with one attached hydrogen (secondary N) is 1. The Hall–Kier alpha value is -2.65. The maximum absolute atomic E-state index is 4.73. The molecule has 1 N–H and O–H groups in total. The molecule has 0 radical (unpaired) electrons. The molecule has 1 aromatic heterocycles. The highest BCUT2D eigenvalue weighted by molar-refractivity contribution is 5.69. The van der Waals surface area contributed by atoms with Gasteiger partial charge in [-0.15, -0.1) is 0 Å². The quantitative estimate of drug-likeness (QED) is 0.675. The van der Waals surface area contributed by atoms with E-state index in [1.165, 1.54) is 37.1 Å². The number of hydrogen-bond donors (Lipinski definition) is 1. The highest BCUT2D eigenvalue weighted by Crippen LogP contribution is 2.34. The molecule has 28 heavy (non-hydrogen) atoms. The number of fused-ring (bicyclic) bond motifs is 3. The van der Waals surface area contributed by atoms with Crippen LogP contribution < -0.4 is 5.32 Å². The molecule has 3 heteroatoms. The average molecular weight is 370 g/mol. The van der Waals surface area contributed by atoms with Crippen LogP contribution in [0.5, 0.6) is 0 Å². The second-order valence-corrected chi connectivity index (χ2v) is 8.16. The van der Waals surface area contributed by atoms with Crippen LogP contribution in [0, 0.1) is 5.92 Å². The maximum Gasteiger partial charge on any atom is 0.0703 e. The summed E-state index contributed by atoms with van der Waals surface area (Å²) in [4.78, 5) is 7.35. The van der Waals surface area contributed by atoms with Crippen molar-refractivity contribution in [3.05, 3.63) is 72.9 Å². The molecule has 0 spiro atoms.